The number of benzene rings is 1. The molecule has 0 radical (unpaired) electrons. The predicted molar refractivity (Wildman–Crippen MR) is 83.8 cm³/mol. The molecule has 0 aromatic heterocycles. The van der Waals surface area contributed by atoms with E-state index in [-0.39, 0.29) is 4.90 Å². The molecule has 19 heavy (non-hydrogen) atoms. The molecule has 0 saturated carbocycles. The van der Waals surface area contributed by atoms with E-state index in [0.29, 0.717) is 22.6 Å². The third kappa shape index (κ3) is 4.11. The highest BCUT2D eigenvalue weighted by molar-refractivity contribution is 9.10. The monoisotopic (exact) mass is 364 g/mol. The Morgan fingerprint density at radius 2 is 2.05 bits per heavy atom. The van der Waals surface area contributed by atoms with Gasteiger partial charge in [0.1, 0.15) is 0 Å². The van der Waals surface area contributed by atoms with Crippen LogP contribution in [0, 0.1) is 5.92 Å². The molecule has 7 heteroatoms. The van der Waals surface area contributed by atoms with E-state index in [9.17, 15) is 8.42 Å². The van der Waals surface area contributed by atoms with Crippen LogP contribution in [-0.2, 0) is 10.0 Å². The minimum absolute atomic E-state index is 0.221. The smallest absolute Gasteiger partial charge is 0.240 e. The van der Waals surface area contributed by atoms with Crippen LogP contribution in [0.4, 0.5) is 5.69 Å². The summed E-state index contributed by atoms with van der Waals surface area (Å²) in [7, 11) is -3.46. The van der Waals surface area contributed by atoms with Gasteiger partial charge in [0.15, 0.2) is 0 Å². The number of hydrogen-bond donors (Lipinski definition) is 2. The summed E-state index contributed by atoms with van der Waals surface area (Å²) >= 11 is 5.19. The molecule has 0 spiro atoms. The number of anilines is 1. The quantitative estimate of drug-likeness (QED) is 0.804. The molecular formula is C12H17BrN2O2S2. The summed E-state index contributed by atoms with van der Waals surface area (Å²) in [6.45, 7) is 0.513. The lowest BCUT2D eigenvalue weighted by atomic mass is 10.0. The van der Waals surface area contributed by atoms with Crippen molar-refractivity contribution >= 4 is 43.4 Å². The lowest BCUT2D eigenvalue weighted by Gasteiger charge is -2.21. The molecule has 4 nitrogen and oxygen atoms in total. The first-order valence-electron chi connectivity index (χ1n) is 6.11. The zero-order chi connectivity index (χ0) is 13.9. The van der Waals surface area contributed by atoms with Crippen molar-refractivity contribution in [1.29, 1.82) is 0 Å². The van der Waals surface area contributed by atoms with Gasteiger partial charge in [-0.3, -0.25) is 0 Å². The third-order valence-corrected chi connectivity index (χ3v) is 6.37. The zero-order valence-electron chi connectivity index (χ0n) is 10.4. The Bertz CT molecular complexity index is 543. The SMILES string of the molecule is Nc1cc(S(=O)(=O)NCC2CCSCC2)ccc1Br. The van der Waals surface area contributed by atoms with Crippen LogP contribution in [0.3, 0.4) is 0 Å². The van der Waals surface area contributed by atoms with Gasteiger partial charge < -0.3 is 5.73 Å². The lowest BCUT2D eigenvalue weighted by molar-refractivity contribution is 0.476. The number of nitrogens with two attached hydrogens (primary N) is 1. The van der Waals surface area contributed by atoms with Crippen LogP contribution in [0.5, 0.6) is 0 Å². The molecule has 0 atom stereocenters. The normalized spacial score (nSPS) is 17.5. The van der Waals surface area contributed by atoms with Crippen molar-refractivity contribution in [2.45, 2.75) is 17.7 Å². The maximum Gasteiger partial charge on any atom is 0.240 e. The zero-order valence-corrected chi connectivity index (χ0v) is 13.7. The van der Waals surface area contributed by atoms with Crippen LogP contribution in [0.15, 0.2) is 27.6 Å². The number of thioether (sulfide) groups is 1. The Morgan fingerprint density at radius 3 is 2.68 bits per heavy atom. The van der Waals surface area contributed by atoms with E-state index in [4.69, 9.17) is 5.73 Å². The summed E-state index contributed by atoms with van der Waals surface area (Å²) < 4.78 is 27.7. The maximum atomic E-state index is 12.2. The molecule has 0 bridgehead atoms. The molecule has 1 heterocycles. The molecule has 1 aromatic rings. The van der Waals surface area contributed by atoms with E-state index in [0.717, 1.165) is 24.3 Å². The second-order valence-electron chi connectivity index (χ2n) is 4.59. The number of sulfonamides is 1. The topological polar surface area (TPSA) is 72.2 Å². The molecule has 3 N–H and O–H groups in total. The van der Waals surface area contributed by atoms with Gasteiger partial charge in [-0.05, 0) is 64.4 Å². The number of hydrogen-bond acceptors (Lipinski definition) is 4. The highest BCUT2D eigenvalue weighted by atomic mass is 79.9. The molecule has 1 aliphatic heterocycles. The van der Waals surface area contributed by atoms with Gasteiger partial charge in [0.05, 0.1) is 4.90 Å². The average Bonchev–Trinajstić information content (AvgIpc) is 2.41. The minimum Gasteiger partial charge on any atom is -0.398 e. The summed E-state index contributed by atoms with van der Waals surface area (Å²) in [6.07, 6.45) is 2.16. The minimum atomic E-state index is -3.46. The van der Waals surface area contributed by atoms with Gasteiger partial charge >= 0.3 is 0 Å². The van der Waals surface area contributed by atoms with Crippen molar-refractivity contribution in [3.63, 3.8) is 0 Å². The largest absolute Gasteiger partial charge is 0.398 e. The van der Waals surface area contributed by atoms with Crippen molar-refractivity contribution in [1.82, 2.24) is 4.72 Å². The van der Waals surface area contributed by atoms with Crippen LogP contribution >= 0.6 is 27.7 Å². The Kier molecular flexibility index (Phi) is 5.16. The van der Waals surface area contributed by atoms with Gasteiger partial charge in [-0.15, -0.1) is 0 Å². The van der Waals surface area contributed by atoms with Crippen molar-refractivity contribution in [3.8, 4) is 0 Å². The first kappa shape index (κ1) is 15.2. The van der Waals surface area contributed by atoms with Crippen molar-refractivity contribution in [2.24, 2.45) is 5.92 Å². The van der Waals surface area contributed by atoms with Crippen molar-refractivity contribution in [3.05, 3.63) is 22.7 Å². The Hall–Kier alpha value is -0.240. The average molecular weight is 365 g/mol. The van der Waals surface area contributed by atoms with Crippen LogP contribution < -0.4 is 10.5 Å². The fraction of sp³-hybridized carbons (Fsp3) is 0.500. The van der Waals surface area contributed by atoms with E-state index < -0.39 is 10.0 Å². The van der Waals surface area contributed by atoms with E-state index in [1.54, 1.807) is 12.1 Å². The van der Waals surface area contributed by atoms with E-state index in [2.05, 4.69) is 20.7 Å². The van der Waals surface area contributed by atoms with E-state index in [1.165, 1.54) is 6.07 Å². The van der Waals surface area contributed by atoms with Gasteiger partial charge in [-0.2, -0.15) is 11.8 Å². The molecule has 2 rings (SSSR count). The van der Waals surface area contributed by atoms with Gasteiger partial charge in [-0.1, -0.05) is 0 Å². The van der Waals surface area contributed by atoms with Crippen molar-refractivity contribution < 1.29 is 8.42 Å². The molecule has 106 valence electrons. The number of nitrogen functional groups attached to an aromatic ring is 1. The summed E-state index contributed by atoms with van der Waals surface area (Å²) in [5.41, 5.74) is 6.14. The number of halogens is 1. The highest BCUT2D eigenvalue weighted by Crippen LogP contribution is 2.24. The van der Waals surface area contributed by atoms with Crippen LogP contribution in [-0.4, -0.2) is 26.5 Å². The van der Waals surface area contributed by atoms with E-state index in [1.807, 2.05) is 11.8 Å². The predicted octanol–water partition coefficient (Wildman–Crippen LogP) is 2.45. The van der Waals surface area contributed by atoms with Gasteiger partial charge in [0.25, 0.3) is 0 Å². The molecule has 0 amide bonds. The molecule has 1 aromatic carbocycles. The third-order valence-electron chi connectivity index (χ3n) is 3.18. The maximum absolute atomic E-state index is 12.2. The fourth-order valence-corrected chi connectivity index (χ4v) is 4.55. The van der Waals surface area contributed by atoms with Gasteiger partial charge in [-0.25, -0.2) is 13.1 Å². The molecule has 0 unspecified atom stereocenters. The van der Waals surface area contributed by atoms with Gasteiger partial charge in [0.2, 0.25) is 10.0 Å². The van der Waals surface area contributed by atoms with Crippen LogP contribution in [0.2, 0.25) is 0 Å². The summed E-state index contributed by atoms with van der Waals surface area (Å²) in [5.74, 6) is 2.69. The van der Waals surface area contributed by atoms with Crippen molar-refractivity contribution in [2.75, 3.05) is 23.8 Å². The Morgan fingerprint density at radius 1 is 1.37 bits per heavy atom. The van der Waals surface area contributed by atoms with Crippen LogP contribution in [0.1, 0.15) is 12.8 Å². The molecule has 0 aliphatic carbocycles. The second-order valence-corrected chi connectivity index (χ2v) is 8.44. The van der Waals surface area contributed by atoms with E-state index >= 15 is 0 Å². The summed E-state index contributed by atoms with van der Waals surface area (Å²) in [5, 5.41) is 0. The molecule has 1 aliphatic rings. The summed E-state index contributed by atoms with van der Waals surface area (Å²) in [4.78, 5) is 0.221. The first-order valence-corrected chi connectivity index (χ1v) is 9.54. The molecule has 1 saturated heterocycles. The summed E-state index contributed by atoms with van der Waals surface area (Å²) in [6, 6.07) is 4.68. The number of nitrogens with one attached hydrogen (secondary N) is 1. The fourth-order valence-electron chi connectivity index (χ4n) is 1.95. The standard InChI is InChI=1S/C12H17BrN2O2S2/c13-11-2-1-10(7-12(11)14)19(16,17)15-8-9-3-5-18-6-4-9/h1-2,7,9,15H,3-6,8,14H2. The highest BCUT2D eigenvalue weighted by Gasteiger charge is 2.19. The lowest BCUT2D eigenvalue weighted by Crippen LogP contribution is -2.31. The van der Waals surface area contributed by atoms with Gasteiger partial charge in [0, 0.05) is 16.7 Å². The first-order chi connectivity index (χ1) is 8.99. The second kappa shape index (κ2) is 6.47. The Balaban J connectivity index is 2.02. The Labute approximate surface area is 126 Å². The molecule has 1 fully saturated rings. The number of rotatable bonds is 4. The molecular weight excluding hydrogens is 348 g/mol. The van der Waals surface area contributed by atoms with Crippen LogP contribution in [0.25, 0.3) is 0 Å².